The van der Waals surface area contributed by atoms with E-state index in [1.807, 2.05) is 24.3 Å². The molecule has 2 amide bonds. The van der Waals surface area contributed by atoms with E-state index in [-0.39, 0.29) is 31.8 Å². The molecule has 2 aromatic carbocycles. The van der Waals surface area contributed by atoms with Crippen molar-refractivity contribution >= 4 is 18.0 Å². The number of hydroxylamine groups is 1. The molecule has 3 atom stereocenters. The molecule has 3 N–H and O–H groups in total. The number of amides is 2. The molecule has 1 heterocycles. The van der Waals surface area contributed by atoms with E-state index >= 15 is 0 Å². The van der Waals surface area contributed by atoms with Gasteiger partial charge in [0.1, 0.15) is 6.61 Å². The fourth-order valence-corrected chi connectivity index (χ4v) is 4.16. The largest absolute Gasteiger partial charge is 0.479 e. The Morgan fingerprint density at radius 3 is 2.36 bits per heavy atom. The number of fused-ring (bicyclic) bond motifs is 3. The summed E-state index contributed by atoms with van der Waals surface area (Å²) in [5, 5.41) is 11.5. The summed E-state index contributed by atoms with van der Waals surface area (Å²) in [6.45, 7) is 1.89. The average molecular weight is 454 g/mol. The number of hydrogen-bond acceptors (Lipinski definition) is 6. The van der Waals surface area contributed by atoms with E-state index in [4.69, 9.17) is 19.4 Å². The van der Waals surface area contributed by atoms with Crippen LogP contribution in [0.4, 0.5) is 4.79 Å². The van der Waals surface area contributed by atoms with Crippen molar-refractivity contribution in [2.24, 2.45) is 5.92 Å². The highest BCUT2D eigenvalue weighted by atomic mass is 16.7. The molecular formula is C24H26N2O7. The van der Waals surface area contributed by atoms with Crippen molar-refractivity contribution in [3.8, 4) is 11.1 Å². The van der Waals surface area contributed by atoms with E-state index in [2.05, 4.69) is 35.1 Å². The summed E-state index contributed by atoms with van der Waals surface area (Å²) in [5.74, 6) is -2.14. The third-order valence-electron chi connectivity index (χ3n) is 5.95. The van der Waals surface area contributed by atoms with E-state index in [1.165, 1.54) is 6.92 Å². The molecular weight excluding hydrogens is 428 g/mol. The van der Waals surface area contributed by atoms with E-state index in [9.17, 15) is 14.4 Å². The van der Waals surface area contributed by atoms with E-state index in [1.54, 1.807) is 0 Å². The van der Waals surface area contributed by atoms with Crippen LogP contribution >= 0.6 is 0 Å². The number of carboxylic acid groups (broad SMARTS) is 1. The maximum Gasteiger partial charge on any atom is 0.407 e. The van der Waals surface area contributed by atoms with E-state index in [0.717, 1.165) is 22.3 Å². The van der Waals surface area contributed by atoms with Crippen molar-refractivity contribution in [2.45, 2.75) is 31.5 Å². The first-order valence-electron chi connectivity index (χ1n) is 10.8. The molecule has 1 aliphatic carbocycles. The number of carboxylic acids is 1. The van der Waals surface area contributed by atoms with Crippen LogP contribution in [0.3, 0.4) is 0 Å². The molecule has 2 aromatic rings. The lowest BCUT2D eigenvalue weighted by Gasteiger charge is -2.16. The van der Waals surface area contributed by atoms with Crippen molar-refractivity contribution in [1.29, 1.82) is 0 Å². The van der Waals surface area contributed by atoms with Gasteiger partial charge in [0.05, 0.1) is 18.6 Å². The third kappa shape index (κ3) is 5.15. The maximum atomic E-state index is 12.3. The quantitative estimate of drug-likeness (QED) is 0.524. The molecule has 4 rings (SSSR count). The predicted octanol–water partition coefficient (Wildman–Crippen LogP) is 2.45. The van der Waals surface area contributed by atoms with Crippen molar-refractivity contribution in [3.05, 3.63) is 59.7 Å². The van der Waals surface area contributed by atoms with Crippen LogP contribution in [-0.4, -0.2) is 55.0 Å². The molecule has 0 bridgehead atoms. The molecule has 1 aliphatic heterocycles. The highest BCUT2D eigenvalue weighted by Crippen LogP contribution is 2.44. The van der Waals surface area contributed by atoms with Gasteiger partial charge < -0.3 is 19.9 Å². The zero-order valence-corrected chi connectivity index (χ0v) is 18.2. The first kappa shape index (κ1) is 22.8. The molecule has 0 saturated carbocycles. The van der Waals surface area contributed by atoms with Gasteiger partial charge in [0.2, 0.25) is 5.91 Å². The van der Waals surface area contributed by atoms with Crippen LogP contribution in [0, 0.1) is 5.92 Å². The Labute approximate surface area is 191 Å². The van der Waals surface area contributed by atoms with E-state index in [0.29, 0.717) is 6.42 Å². The SMILES string of the molecule is CC(ONC(=O)C1COC(CNC(=O)OCC2c3ccccc3-c3ccccc32)C1)C(=O)O. The number of alkyl carbamates (subject to hydrolysis) is 1. The lowest BCUT2D eigenvalue weighted by molar-refractivity contribution is -0.160. The predicted molar refractivity (Wildman–Crippen MR) is 117 cm³/mol. The highest BCUT2D eigenvalue weighted by molar-refractivity contribution is 5.79. The van der Waals surface area contributed by atoms with Crippen LogP contribution < -0.4 is 10.8 Å². The van der Waals surface area contributed by atoms with E-state index < -0.39 is 30.0 Å². The fraction of sp³-hybridized carbons (Fsp3) is 0.375. The van der Waals surface area contributed by atoms with Crippen LogP contribution in [0.5, 0.6) is 0 Å². The zero-order chi connectivity index (χ0) is 23.4. The van der Waals surface area contributed by atoms with Crippen molar-refractivity contribution in [1.82, 2.24) is 10.8 Å². The average Bonchev–Trinajstić information content (AvgIpc) is 3.42. The minimum atomic E-state index is -1.18. The number of ether oxygens (including phenoxy) is 2. The number of carbonyl (C=O) groups is 3. The molecule has 0 aromatic heterocycles. The number of aliphatic carboxylic acids is 1. The first-order chi connectivity index (χ1) is 15.9. The Morgan fingerprint density at radius 2 is 1.73 bits per heavy atom. The molecule has 2 aliphatic rings. The number of benzene rings is 2. The molecule has 3 unspecified atom stereocenters. The van der Waals surface area contributed by atoms with Crippen molar-refractivity contribution in [3.63, 3.8) is 0 Å². The smallest absolute Gasteiger partial charge is 0.407 e. The van der Waals surface area contributed by atoms with Gasteiger partial charge in [0, 0.05) is 12.5 Å². The summed E-state index contributed by atoms with van der Waals surface area (Å²) < 4.78 is 11.1. The Bertz CT molecular complexity index is 995. The number of hydrogen-bond donors (Lipinski definition) is 3. The first-order valence-corrected chi connectivity index (χ1v) is 10.8. The molecule has 0 spiro atoms. The topological polar surface area (TPSA) is 123 Å². The second-order valence-electron chi connectivity index (χ2n) is 8.16. The fourth-order valence-electron chi connectivity index (χ4n) is 4.16. The van der Waals surface area contributed by atoms with Crippen LogP contribution in [0.15, 0.2) is 48.5 Å². The minimum absolute atomic E-state index is 0.0212. The monoisotopic (exact) mass is 454 g/mol. The van der Waals surface area contributed by atoms with Gasteiger partial charge in [0.15, 0.2) is 6.10 Å². The van der Waals surface area contributed by atoms with Crippen molar-refractivity contribution in [2.75, 3.05) is 19.8 Å². The summed E-state index contributed by atoms with van der Waals surface area (Å²) in [5.41, 5.74) is 6.74. The van der Waals surface area contributed by atoms with Crippen LogP contribution in [0.1, 0.15) is 30.4 Å². The Hall–Kier alpha value is -3.43. The summed E-state index contributed by atoms with van der Waals surface area (Å²) in [4.78, 5) is 39.9. The van der Waals surface area contributed by atoms with Gasteiger partial charge in [-0.15, -0.1) is 0 Å². The van der Waals surface area contributed by atoms with Gasteiger partial charge in [-0.1, -0.05) is 48.5 Å². The Balaban J connectivity index is 1.22. The molecule has 0 radical (unpaired) electrons. The molecule has 1 fully saturated rings. The third-order valence-corrected chi connectivity index (χ3v) is 5.95. The molecule has 9 nitrogen and oxygen atoms in total. The number of nitrogens with one attached hydrogen (secondary N) is 2. The second-order valence-corrected chi connectivity index (χ2v) is 8.16. The van der Waals surface area contributed by atoms with Gasteiger partial charge in [-0.2, -0.15) is 0 Å². The highest BCUT2D eigenvalue weighted by Gasteiger charge is 2.32. The number of rotatable bonds is 8. The van der Waals surface area contributed by atoms with Gasteiger partial charge >= 0.3 is 12.1 Å². The lowest BCUT2D eigenvalue weighted by atomic mass is 9.98. The van der Waals surface area contributed by atoms with Crippen LogP contribution in [0.25, 0.3) is 11.1 Å². The molecule has 174 valence electrons. The van der Waals surface area contributed by atoms with Gasteiger partial charge in [-0.3, -0.25) is 9.63 Å². The Kier molecular flexibility index (Phi) is 6.90. The van der Waals surface area contributed by atoms with Gasteiger partial charge in [-0.05, 0) is 35.6 Å². The van der Waals surface area contributed by atoms with Gasteiger partial charge in [-0.25, -0.2) is 15.1 Å². The molecule has 1 saturated heterocycles. The molecule has 33 heavy (non-hydrogen) atoms. The summed E-state index contributed by atoms with van der Waals surface area (Å²) in [6, 6.07) is 16.2. The lowest BCUT2D eigenvalue weighted by Crippen LogP contribution is -2.37. The zero-order valence-electron chi connectivity index (χ0n) is 18.2. The Morgan fingerprint density at radius 1 is 1.09 bits per heavy atom. The second kappa shape index (κ2) is 10.0. The summed E-state index contributed by atoms with van der Waals surface area (Å²) in [6.07, 6.45) is -1.67. The standard InChI is InChI=1S/C24H26N2O7/c1-14(23(28)29)33-26-22(27)15-10-16(31-12-15)11-25-24(30)32-13-21-19-8-4-2-6-17(19)18-7-3-5-9-20(18)21/h2-9,14-16,21H,10-13H2,1H3,(H,25,30)(H,26,27)(H,28,29). The maximum absolute atomic E-state index is 12.3. The van der Waals surface area contributed by atoms with Crippen LogP contribution in [0.2, 0.25) is 0 Å². The summed E-state index contributed by atoms with van der Waals surface area (Å²) in [7, 11) is 0. The normalized spacial score (nSPS) is 19.9. The number of carbonyl (C=O) groups excluding carboxylic acids is 2. The minimum Gasteiger partial charge on any atom is -0.479 e. The molecule has 9 heteroatoms. The van der Waals surface area contributed by atoms with Crippen molar-refractivity contribution < 1.29 is 33.8 Å². The summed E-state index contributed by atoms with van der Waals surface area (Å²) >= 11 is 0. The van der Waals surface area contributed by atoms with Gasteiger partial charge in [0.25, 0.3) is 0 Å². The van der Waals surface area contributed by atoms with Crippen LogP contribution in [-0.2, 0) is 23.9 Å².